The number of nitrogens with zero attached hydrogens (tertiary/aromatic N) is 6. The molecular weight excluding hydrogens is 720 g/mol. The number of aromatic nitrogens is 2. The molecule has 4 amide bonds. The number of hydrogen-bond acceptors (Lipinski definition) is 8. The minimum Gasteiger partial charge on any atom is -0.463 e. The van der Waals surface area contributed by atoms with E-state index >= 15 is 0 Å². The average Bonchev–Trinajstić information content (AvgIpc) is 3.57. The number of nitrogens with one attached hydrogen (secondary N) is 2. The molecule has 0 saturated carbocycles. The van der Waals surface area contributed by atoms with E-state index in [2.05, 4.69) is 20.6 Å². The summed E-state index contributed by atoms with van der Waals surface area (Å²) in [4.78, 5) is 58.4. The number of carboxylic acid groups (broad SMARTS) is 1. The van der Waals surface area contributed by atoms with E-state index in [0.717, 1.165) is 0 Å². The lowest BCUT2D eigenvalue weighted by Gasteiger charge is -2.35. The Labute approximate surface area is 300 Å². The van der Waals surface area contributed by atoms with Gasteiger partial charge in [-0.3, -0.25) is 9.59 Å². The van der Waals surface area contributed by atoms with Crippen LogP contribution >= 0.6 is 23.2 Å². The van der Waals surface area contributed by atoms with Crippen LogP contribution in [0.2, 0.25) is 10.0 Å². The highest BCUT2D eigenvalue weighted by atomic mass is 35.5. The van der Waals surface area contributed by atoms with Crippen molar-refractivity contribution < 1.29 is 42.2 Å². The van der Waals surface area contributed by atoms with Crippen LogP contribution in [0.15, 0.2) is 36.4 Å². The predicted octanol–water partition coefficient (Wildman–Crippen LogP) is 5.54. The van der Waals surface area contributed by atoms with Crippen LogP contribution in [0.3, 0.4) is 0 Å². The Morgan fingerprint density at radius 2 is 1.69 bits per heavy atom. The number of alkyl halides is 3. The second-order valence-corrected chi connectivity index (χ2v) is 13.2. The first-order valence-electron chi connectivity index (χ1n) is 15.6. The molecule has 3 heterocycles. The summed E-state index contributed by atoms with van der Waals surface area (Å²) in [6, 6.07) is 8.14. The first-order chi connectivity index (χ1) is 23.9. The minimum absolute atomic E-state index is 0.0605. The molecule has 51 heavy (non-hydrogen) atoms. The quantitative estimate of drug-likeness (QED) is 0.269. The van der Waals surface area contributed by atoms with Gasteiger partial charge in [0.1, 0.15) is 0 Å². The normalized spacial score (nSPS) is 15.8. The number of rotatable bonds is 8. The molecule has 0 spiro atoms. The third kappa shape index (κ3) is 7.56. The van der Waals surface area contributed by atoms with Gasteiger partial charge in [0.2, 0.25) is 0 Å². The number of urea groups is 1. The number of carbonyl (C=O) groups excluding carboxylic acids is 3. The Hall–Kier alpha value is -4.58. The van der Waals surface area contributed by atoms with Gasteiger partial charge in [0.15, 0.2) is 5.82 Å². The van der Waals surface area contributed by atoms with E-state index in [1.807, 2.05) is 11.9 Å². The molecule has 0 bridgehead atoms. The molecule has 19 heteroatoms. The number of ether oxygens (including phenoxy) is 1. The largest absolute Gasteiger partial charge is 0.471 e. The third-order valence-corrected chi connectivity index (χ3v) is 9.43. The molecule has 3 N–H and O–H groups in total. The van der Waals surface area contributed by atoms with E-state index in [1.54, 1.807) is 26.0 Å². The molecule has 0 radical (unpaired) electrons. The van der Waals surface area contributed by atoms with Crippen LogP contribution in [0.5, 0.6) is 0 Å². The molecule has 5 rings (SSSR count). The number of fused-ring (bicyclic) bond motifs is 1. The van der Waals surface area contributed by atoms with Crippen molar-refractivity contribution in [3.8, 4) is 0 Å². The Morgan fingerprint density at radius 3 is 2.27 bits per heavy atom. The summed E-state index contributed by atoms with van der Waals surface area (Å²) in [5.74, 6) is -3.44. The zero-order valence-electron chi connectivity index (χ0n) is 28.0. The topological polar surface area (TPSA) is 153 Å². The molecule has 1 aromatic heterocycles. The number of halogens is 5. The third-order valence-electron chi connectivity index (χ3n) is 8.80. The predicted molar refractivity (Wildman–Crippen MR) is 184 cm³/mol. The zero-order chi connectivity index (χ0) is 37.4. The fourth-order valence-electron chi connectivity index (χ4n) is 6.11. The fraction of sp³-hybridized carbons (Fsp3) is 0.406. The second kappa shape index (κ2) is 14.6. The second-order valence-electron chi connectivity index (χ2n) is 12.4. The van der Waals surface area contributed by atoms with Crippen LogP contribution < -0.4 is 20.4 Å². The van der Waals surface area contributed by atoms with E-state index in [0.29, 0.717) is 41.4 Å². The van der Waals surface area contributed by atoms with Crippen LogP contribution in [0.25, 0.3) is 0 Å². The number of piperazine rings is 1. The van der Waals surface area contributed by atoms with Crippen molar-refractivity contribution in [1.82, 2.24) is 19.6 Å². The Kier molecular flexibility index (Phi) is 10.8. The lowest BCUT2D eigenvalue weighted by molar-refractivity contribution is -0.170. The Bertz CT molecular complexity index is 1840. The van der Waals surface area contributed by atoms with Gasteiger partial charge in [-0.2, -0.15) is 17.9 Å². The lowest BCUT2D eigenvalue weighted by Crippen LogP contribution is -2.45. The lowest BCUT2D eigenvalue weighted by atomic mass is 10.0. The Balaban J connectivity index is 1.53. The molecule has 1 fully saturated rings. The van der Waals surface area contributed by atoms with Gasteiger partial charge < -0.3 is 40.1 Å². The Morgan fingerprint density at radius 1 is 1.04 bits per heavy atom. The number of para-hydroxylation sites is 1. The number of hydrogen-bond donors (Lipinski definition) is 3. The maximum atomic E-state index is 14.0. The van der Waals surface area contributed by atoms with E-state index < -0.39 is 42.2 Å². The summed E-state index contributed by atoms with van der Waals surface area (Å²) in [5, 5.41) is 19.6. The van der Waals surface area contributed by atoms with Crippen molar-refractivity contribution in [2.75, 3.05) is 73.9 Å². The van der Waals surface area contributed by atoms with Crippen LogP contribution in [-0.4, -0.2) is 108 Å². The molecular formula is C32H35Cl2F3N8O6. The van der Waals surface area contributed by atoms with Crippen molar-refractivity contribution in [3.63, 3.8) is 0 Å². The molecule has 2 aliphatic rings. The van der Waals surface area contributed by atoms with Gasteiger partial charge in [-0.1, -0.05) is 29.3 Å². The summed E-state index contributed by atoms with van der Waals surface area (Å²) in [6.07, 6.45) is -6.80. The number of likely N-dealkylation sites (N-methyl/N-ethyl adjacent to an activating group) is 1. The average molecular weight is 756 g/mol. The summed E-state index contributed by atoms with van der Waals surface area (Å²) in [7, 11) is 3.20. The monoisotopic (exact) mass is 754 g/mol. The SMILES string of the molecule is COCCN(C(=O)C(F)(F)F)c1cc(N2CCN(C)CC2)ccc1C(=O)Nc1nn(C(=O)O)c2c1CN(C(=O)Nc1c(Cl)cccc1Cl)C2(C)C. The fourth-order valence-corrected chi connectivity index (χ4v) is 6.60. The minimum atomic E-state index is -5.28. The van der Waals surface area contributed by atoms with Crippen molar-refractivity contribution in [1.29, 1.82) is 0 Å². The highest BCUT2D eigenvalue weighted by molar-refractivity contribution is 6.39. The maximum Gasteiger partial charge on any atom is 0.471 e. The van der Waals surface area contributed by atoms with Gasteiger partial charge in [0.25, 0.3) is 5.91 Å². The first kappa shape index (κ1) is 37.7. The van der Waals surface area contributed by atoms with Gasteiger partial charge in [0.05, 0.1) is 51.4 Å². The number of carbonyl (C=O) groups is 4. The molecule has 0 aliphatic carbocycles. The number of benzene rings is 2. The summed E-state index contributed by atoms with van der Waals surface area (Å²) >= 11 is 12.5. The summed E-state index contributed by atoms with van der Waals surface area (Å²) in [5.41, 5.74) is -1.13. The zero-order valence-corrected chi connectivity index (χ0v) is 29.5. The number of amides is 4. The van der Waals surface area contributed by atoms with E-state index in [9.17, 15) is 37.5 Å². The van der Waals surface area contributed by atoms with E-state index in [-0.39, 0.29) is 57.2 Å². The number of anilines is 4. The standard InChI is InChI=1S/C32H35Cl2F3N8O6/c1-31(2)25-20(17-44(31)29(48)38-24-21(33)6-5-7-22(24)34)26(40-45(25)30(49)50)39-27(46)19-9-8-18(42-12-10-41(3)11-13-42)16-23(19)43(14-15-51-4)28(47)32(35,36)37/h5-9,16H,10-15,17H2,1-4H3,(H,38,48)(H,49,50)(H,39,40,46). The van der Waals surface area contributed by atoms with Gasteiger partial charge in [-0.15, -0.1) is 5.10 Å². The van der Waals surface area contributed by atoms with Crippen LogP contribution in [0.4, 0.5) is 45.6 Å². The van der Waals surface area contributed by atoms with Gasteiger partial charge in [-0.25, -0.2) is 9.59 Å². The molecule has 2 aliphatic heterocycles. The summed E-state index contributed by atoms with van der Waals surface area (Å²) in [6.45, 7) is 4.57. The summed E-state index contributed by atoms with van der Waals surface area (Å²) < 4.78 is 47.3. The van der Waals surface area contributed by atoms with Crippen molar-refractivity contribution >= 4 is 70.0 Å². The van der Waals surface area contributed by atoms with Crippen LogP contribution in [0.1, 0.15) is 35.5 Å². The molecule has 274 valence electrons. The molecule has 0 atom stereocenters. The van der Waals surface area contributed by atoms with E-state index in [1.165, 1.54) is 36.3 Å². The smallest absolute Gasteiger partial charge is 0.463 e. The molecule has 14 nitrogen and oxygen atoms in total. The maximum absolute atomic E-state index is 14.0. The van der Waals surface area contributed by atoms with Gasteiger partial charge in [-0.05, 0) is 51.2 Å². The van der Waals surface area contributed by atoms with Gasteiger partial charge >= 0.3 is 24.2 Å². The molecule has 0 unspecified atom stereocenters. The highest BCUT2D eigenvalue weighted by Gasteiger charge is 2.48. The molecule has 1 saturated heterocycles. The first-order valence-corrected chi connectivity index (χ1v) is 16.4. The van der Waals surface area contributed by atoms with Crippen molar-refractivity contribution in [3.05, 3.63) is 63.3 Å². The van der Waals surface area contributed by atoms with E-state index in [4.69, 9.17) is 27.9 Å². The highest BCUT2D eigenvalue weighted by Crippen LogP contribution is 2.43. The van der Waals surface area contributed by atoms with Gasteiger partial charge in [0, 0.05) is 51.1 Å². The number of methoxy groups -OCH3 is 1. The van der Waals surface area contributed by atoms with Crippen LogP contribution in [0, 0.1) is 0 Å². The molecule has 2 aromatic carbocycles. The van der Waals surface area contributed by atoms with Crippen molar-refractivity contribution in [2.45, 2.75) is 32.1 Å². The molecule has 3 aromatic rings. The van der Waals surface area contributed by atoms with Crippen molar-refractivity contribution in [2.24, 2.45) is 0 Å². The van der Waals surface area contributed by atoms with Crippen LogP contribution in [-0.2, 0) is 21.6 Å².